The number of hydrogen-bond acceptors (Lipinski definition) is 6. The van der Waals surface area contributed by atoms with Crippen LogP contribution in [0.5, 0.6) is 5.75 Å². The van der Waals surface area contributed by atoms with Crippen LogP contribution in [0.3, 0.4) is 0 Å². The smallest absolute Gasteiger partial charge is 0.260 e. The van der Waals surface area contributed by atoms with Crippen LogP contribution in [-0.4, -0.2) is 45.6 Å². The molecule has 9 heteroatoms. The van der Waals surface area contributed by atoms with Crippen molar-refractivity contribution in [3.8, 4) is 17.3 Å². The summed E-state index contributed by atoms with van der Waals surface area (Å²) in [7, 11) is 0. The molecule has 0 saturated carbocycles. The van der Waals surface area contributed by atoms with Crippen LogP contribution in [0.1, 0.15) is 11.8 Å². The monoisotopic (exact) mass is 404 g/mol. The molecule has 0 atom stereocenters. The molecule has 1 saturated heterocycles. The fourth-order valence-electron chi connectivity index (χ4n) is 2.66. The van der Waals surface area contributed by atoms with Crippen molar-refractivity contribution in [3.63, 3.8) is 0 Å². The van der Waals surface area contributed by atoms with E-state index in [1.165, 1.54) is 0 Å². The molecule has 138 valence electrons. The van der Waals surface area contributed by atoms with E-state index in [1.54, 1.807) is 29.3 Å². The number of likely N-dealkylation sites (tertiary alicyclic amines) is 1. The highest BCUT2D eigenvalue weighted by Gasteiger charge is 2.35. The molecule has 3 heterocycles. The molecule has 1 aliphatic rings. The average Bonchev–Trinajstić information content (AvgIpc) is 3.10. The lowest BCUT2D eigenvalue weighted by atomic mass is 10.0. The van der Waals surface area contributed by atoms with Crippen molar-refractivity contribution in [2.24, 2.45) is 0 Å². The second kappa shape index (κ2) is 7.54. The fraction of sp³-hybridized carbons (Fsp3) is 0.222. The van der Waals surface area contributed by atoms with Gasteiger partial charge in [0.15, 0.2) is 6.61 Å². The van der Waals surface area contributed by atoms with E-state index in [0.717, 1.165) is 0 Å². The number of nitrogens with zero attached hydrogens (tertiary/aromatic N) is 4. The second-order valence-electron chi connectivity index (χ2n) is 6.03. The number of rotatable bonds is 5. The molecule has 3 aromatic rings. The second-order valence-corrected chi connectivity index (χ2v) is 6.87. The number of ether oxygens (including phenoxy) is 1. The Balaban J connectivity index is 1.30. The fourth-order valence-corrected chi connectivity index (χ4v) is 3.12. The van der Waals surface area contributed by atoms with Gasteiger partial charge in [0, 0.05) is 24.3 Å². The number of amides is 1. The van der Waals surface area contributed by atoms with Crippen molar-refractivity contribution in [1.82, 2.24) is 20.0 Å². The Bertz CT molecular complexity index is 958. The van der Waals surface area contributed by atoms with Crippen molar-refractivity contribution < 1.29 is 14.1 Å². The molecule has 0 spiro atoms. The quantitative estimate of drug-likeness (QED) is 0.647. The molecule has 1 aromatic carbocycles. The molecule has 1 fully saturated rings. The number of benzene rings is 1. The van der Waals surface area contributed by atoms with E-state index in [1.807, 2.05) is 18.2 Å². The maximum absolute atomic E-state index is 12.2. The van der Waals surface area contributed by atoms with Crippen LogP contribution in [0.4, 0.5) is 0 Å². The molecule has 1 aliphatic heterocycles. The first-order valence-corrected chi connectivity index (χ1v) is 8.96. The zero-order chi connectivity index (χ0) is 18.8. The van der Waals surface area contributed by atoms with E-state index in [0.29, 0.717) is 46.3 Å². The number of halogens is 2. The minimum Gasteiger partial charge on any atom is -0.482 e. The summed E-state index contributed by atoms with van der Waals surface area (Å²) in [6, 6.07) is 10.3. The predicted molar refractivity (Wildman–Crippen MR) is 98.8 cm³/mol. The molecule has 2 aromatic heterocycles. The number of aromatic nitrogens is 3. The molecule has 27 heavy (non-hydrogen) atoms. The molecular weight excluding hydrogens is 391 g/mol. The zero-order valence-electron chi connectivity index (χ0n) is 14.0. The van der Waals surface area contributed by atoms with Crippen LogP contribution in [0, 0.1) is 0 Å². The lowest BCUT2D eigenvalue weighted by molar-refractivity contribution is -0.138. The normalized spacial score (nSPS) is 14.1. The van der Waals surface area contributed by atoms with Crippen molar-refractivity contribution in [3.05, 3.63) is 58.5 Å². The van der Waals surface area contributed by atoms with Crippen molar-refractivity contribution in [2.45, 2.75) is 5.92 Å². The summed E-state index contributed by atoms with van der Waals surface area (Å²) in [5.74, 6) is 1.24. The first-order valence-electron chi connectivity index (χ1n) is 8.21. The van der Waals surface area contributed by atoms with Gasteiger partial charge in [-0.3, -0.25) is 9.78 Å². The Morgan fingerprint density at radius 2 is 2.11 bits per heavy atom. The molecule has 0 unspecified atom stereocenters. The predicted octanol–water partition coefficient (Wildman–Crippen LogP) is 3.44. The zero-order valence-corrected chi connectivity index (χ0v) is 15.5. The van der Waals surface area contributed by atoms with Crippen molar-refractivity contribution in [1.29, 1.82) is 0 Å². The van der Waals surface area contributed by atoms with E-state index in [-0.39, 0.29) is 18.4 Å². The third kappa shape index (κ3) is 3.89. The number of pyridine rings is 1. The van der Waals surface area contributed by atoms with Gasteiger partial charge in [0.1, 0.15) is 11.4 Å². The third-order valence-electron chi connectivity index (χ3n) is 4.16. The maximum atomic E-state index is 12.2. The molecule has 1 amide bonds. The number of carbonyl (C=O) groups excluding carboxylic acids is 1. The van der Waals surface area contributed by atoms with E-state index < -0.39 is 0 Å². The Morgan fingerprint density at radius 3 is 2.85 bits per heavy atom. The van der Waals surface area contributed by atoms with Gasteiger partial charge in [0.05, 0.1) is 10.9 Å². The summed E-state index contributed by atoms with van der Waals surface area (Å²) in [4.78, 5) is 22.5. The highest BCUT2D eigenvalue weighted by molar-refractivity contribution is 6.35. The molecule has 4 rings (SSSR count). The SMILES string of the molecule is O=C(COc1ccc(Cl)cc1Cl)N1CC(c2nc(-c3ccccn3)no2)C1. The average molecular weight is 405 g/mol. The van der Waals surface area contributed by atoms with Crippen LogP contribution < -0.4 is 4.74 Å². The highest BCUT2D eigenvalue weighted by atomic mass is 35.5. The Morgan fingerprint density at radius 1 is 1.26 bits per heavy atom. The lowest BCUT2D eigenvalue weighted by Crippen LogP contribution is -2.50. The van der Waals surface area contributed by atoms with Gasteiger partial charge in [-0.15, -0.1) is 0 Å². The molecule has 7 nitrogen and oxygen atoms in total. The third-order valence-corrected chi connectivity index (χ3v) is 4.69. The maximum Gasteiger partial charge on any atom is 0.260 e. The molecule has 0 aliphatic carbocycles. The van der Waals surface area contributed by atoms with Gasteiger partial charge in [-0.25, -0.2) is 0 Å². The molecule has 0 bridgehead atoms. The Kier molecular flexibility index (Phi) is 4.96. The van der Waals surface area contributed by atoms with Gasteiger partial charge < -0.3 is 14.2 Å². The van der Waals surface area contributed by atoms with Crippen LogP contribution in [0.2, 0.25) is 10.0 Å². The number of carbonyl (C=O) groups is 1. The van der Waals surface area contributed by atoms with Crippen LogP contribution in [0.15, 0.2) is 47.1 Å². The summed E-state index contributed by atoms with van der Waals surface area (Å²) in [6.45, 7) is 0.901. The standard InChI is InChI=1S/C18H14Cl2N4O3/c19-12-4-5-15(13(20)7-12)26-10-16(25)24-8-11(9-24)18-22-17(23-27-18)14-3-1-2-6-21-14/h1-7,11H,8-10H2. The first-order chi connectivity index (χ1) is 13.1. The minimum atomic E-state index is -0.137. The Labute approximate surface area is 164 Å². The van der Waals surface area contributed by atoms with E-state index in [2.05, 4.69) is 15.1 Å². The van der Waals surface area contributed by atoms with Gasteiger partial charge in [0.2, 0.25) is 11.7 Å². The highest BCUT2D eigenvalue weighted by Crippen LogP contribution is 2.29. The van der Waals surface area contributed by atoms with Crippen molar-refractivity contribution >= 4 is 29.1 Å². The topological polar surface area (TPSA) is 81.4 Å². The van der Waals surface area contributed by atoms with E-state index >= 15 is 0 Å². The Hall–Kier alpha value is -2.64. The van der Waals surface area contributed by atoms with E-state index in [9.17, 15) is 4.79 Å². The summed E-state index contributed by atoms with van der Waals surface area (Å²) in [6.07, 6.45) is 1.67. The van der Waals surface area contributed by atoms with Gasteiger partial charge in [-0.05, 0) is 30.3 Å². The summed E-state index contributed by atoms with van der Waals surface area (Å²) >= 11 is 11.9. The van der Waals surface area contributed by atoms with E-state index in [4.69, 9.17) is 32.5 Å². The molecular formula is C18H14Cl2N4O3. The van der Waals surface area contributed by atoms with Crippen LogP contribution >= 0.6 is 23.2 Å². The summed E-state index contributed by atoms with van der Waals surface area (Å²) in [5, 5.41) is 4.82. The summed E-state index contributed by atoms with van der Waals surface area (Å²) < 4.78 is 10.8. The van der Waals surface area contributed by atoms with Gasteiger partial charge in [-0.1, -0.05) is 34.4 Å². The largest absolute Gasteiger partial charge is 0.482 e. The van der Waals surface area contributed by atoms with Crippen LogP contribution in [0.25, 0.3) is 11.5 Å². The number of hydrogen-bond donors (Lipinski definition) is 0. The van der Waals surface area contributed by atoms with Crippen LogP contribution in [-0.2, 0) is 4.79 Å². The van der Waals surface area contributed by atoms with Crippen molar-refractivity contribution in [2.75, 3.05) is 19.7 Å². The van der Waals surface area contributed by atoms with Gasteiger partial charge >= 0.3 is 0 Å². The summed E-state index contributed by atoms with van der Waals surface area (Å²) in [5.41, 5.74) is 0.646. The lowest BCUT2D eigenvalue weighted by Gasteiger charge is -2.36. The first kappa shape index (κ1) is 17.8. The van der Waals surface area contributed by atoms with Gasteiger partial charge in [-0.2, -0.15) is 4.98 Å². The van der Waals surface area contributed by atoms with Gasteiger partial charge in [0.25, 0.3) is 5.91 Å². The minimum absolute atomic E-state index is 0.0121. The molecule has 0 radical (unpaired) electrons. The molecule has 0 N–H and O–H groups in total.